The molecule has 0 aliphatic carbocycles. The van der Waals surface area contributed by atoms with Crippen LogP contribution in [0.25, 0.3) is 0 Å². The van der Waals surface area contributed by atoms with Crippen molar-refractivity contribution in [3.05, 3.63) is 40.8 Å². The molecule has 25 heavy (non-hydrogen) atoms. The maximum absolute atomic E-state index is 12.9. The van der Waals surface area contributed by atoms with Crippen molar-refractivity contribution in [2.45, 2.75) is 6.18 Å². The Labute approximate surface area is 149 Å². The lowest BCUT2D eigenvalue weighted by molar-refractivity contribution is -0.141. The summed E-state index contributed by atoms with van der Waals surface area (Å²) >= 11 is 10.6. The van der Waals surface area contributed by atoms with Crippen LogP contribution in [0.1, 0.15) is 16.1 Å². The van der Waals surface area contributed by atoms with Crippen LogP contribution < -0.4 is 15.4 Å². The quantitative estimate of drug-likeness (QED) is 0.614. The minimum Gasteiger partial charge on any atom is -0.481 e. The summed E-state index contributed by atoms with van der Waals surface area (Å²) in [5.74, 6) is -1.06. The smallest absolute Gasteiger partial charge is 0.434 e. The molecule has 2 aromatic rings. The number of alkyl halides is 3. The van der Waals surface area contributed by atoms with Gasteiger partial charge in [-0.25, -0.2) is 4.98 Å². The zero-order valence-corrected chi connectivity index (χ0v) is 14.0. The third-order valence-electron chi connectivity index (χ3n) is 2.65. The van der Waals surface area contributed by atoms with Gasteiger partial charge in [0, 0.05) is 12.3 Å². The molecule has 0 fully saturated rings. The highest BCUT2D eigenvalue weighted by Crippen LogP contribution is 2.29. The lowest BCUT2D eigenvalue weighted by Gasteiger charge is -2.12. The molecular weight excluding hydrogens is 383 g/mol. The first kappa shape index (κ1) is 18.8. The summed E-state index contributed by atoms with van der Waals surface area (Å²) in [6.07, 6.45) is -3.85. The summed E-state index contributed by atoms with van der Waals surface area (Å²) in [6, 6.07) is 3.51. The van der Waals surface area contributed by atoms with Gasteiger partial charge in [0.15, 0.2) is 10.8 Å². The van der Waals surface area contributed by atoms with E-state index in [9.17, 15) is 18.0 Å². The standard InChI is InChI=1S/C13H9ClF3N5O2S/c1-24-8-5-7(14)19-11(20-8)22-12(25)21-10(23)6-3-2-4-18-9(6)13(15,16)17/h2-5H,1H3,(H2,19,20,21,22,23,25). The molecule has 132 valence electrons. The van der Waals surface area contributed by atoms with E-state index in [0.29, 0.717) is 0 Å². The molecule has 2 aromatic heterocycles. The number of methoxy groups -OCH3 is 1. The van der Waals surface area contributed by atoms with Gasteiger partial charge in [0.05, 0.1) is 12.7 Å². The summed E-state index contributed by atoms with van der Waals surface area (Å²) in [7, 11) is 1.35. The van der Waals surface area contributed by atoms with E-state index in [4.69, 9.17) is 28.6 Å². The van der Waals surface area contributed by atoms with Crippen molar-refractivity contribution in [2.24, 2.45) is 0 Å². The number of hydrogen-bond acceptors (Lipinski definition) is 6. The van der Waals surface area contributed by atoms with E-state index in [0.717, 1.165) is 12.3 Å². The zero-order chi connectivity index (χ0) is 18.6. The highest BCUT2D eigenvalue weighted by Gasteiger charge is 2.37. The van der Waals surface area contributed by atoms with Gasteiger partial charge in [-0.15, -0.1) is 0 Å². The van der Waals surface area contributed by atoms with E-state index in [-0.39, 0.29) is 22.1 Å². The van der Waals surface area contributed by atoms with Crippen LogP contribution in [-0.4, -0.2) is 33.1 Å². The van der Waals surface area contributed by atoms with Crippen molar-refractivity contribution in [3.63, 3.8) is 0 Å². The molecule has 7 nitrogen and oxygen atoms in total. The number of carbonyl (C=O) groups excluding carboxylic acids is 1. The molecule has 2 heterocycles. The van der Waals surface area contributed by atoms with Crippen LogP contribution in [0.3, 0.4) is 0 Å². The van der Waals surface area contributed by atoms with Gasteiger partial charge in [-0.05, 0) is 24.4 Å². The van der Waals surface area contributed by atoms with E-state index in [2.05, 4.69) is 25.6 Å². The summed E-state index contributed by atoms with van der Waals surface area (Å²) in [6.45, 7) is 0. The minimum atomic E-state index is -4.79. The van der Waals surface area contributed by atoms with Gasteiger partial charge in [0.2, 0.25) is 11.8 Å². The van der Waals surface area contributed by atoms with Crippen molar-refractivity contribution in [1.82, 2.24) is 20.3 Å². The maximum Gasteiger partial charge on any atom is 0.434 e. The number of pyridine rings is 1. The lowest BCUT2D eigenvalue weighted by Crippen LogP contribution is -2.36. The number of halogens is 4. The normalized spacial score (nSPS) is 10.9. The van der Waals surface area contributed by atoms with Gasteiger partial charge in [0.25, 0.3) is 5.91 Å². The first-order valence-electron chi connectivity index (χ1n) is 6.44. The van der Waals surface area contributed by atoms with E-state index >= 15 is 0 Å². The Kier molecular flexibility index (Phi) is 5.69. The highest BCUT2D eigenvalue weighted by molar-refractivity contribution is 7.80. The number of nitrogens with zero attached hydrogens (tertiary/aromatic N) is 3. The number of anilines is 1. The average molecular weight is 392 g/mol. The Bertz CT molecular complexity index is 818. The highest BCUT2D eigenvalue weighted by atomic mass is 35.5. The number of nitrogens with one attached hydrogen (secondary N) is 2. The van der Waals surface area contributed by atoms with Gasteiger partial charge in [-0.1, -0.05) is 11.6 Å². The average Bonchev–Trinajstić information content (AvgIpc) is 2.53. The van der Waals surface area contributed by atoms with Crippen LogP contribution in [0.4, 0.5) is 19.1 Å². The molecule has 1 amide bonds. The Hall–Kier alpha value is -2.53. The Morgan fingerprint density at radius 2 is 2.08 bits per heavy atom. The SMILES string of the molecule is COc1cc(Cl)nc(NC(=S)NC(=O)c2cccnc2C(F)(F)F)n1. The fourth-order valence-electron chi connectivity index (χ4n) is 1.68. The van der Waals surface area contributed by atoms with Crippen LogP contribution in [0.2, 0.25) is 5.15 Å². The second kappa shape index (κ2) is 7.57. The maximum atomic E-state index is 12.9. The van der Waals surface area contributed by atoms with Crippen molar-refractivity contribution in [1.29, 1.82) is 0 Å². The molecule has 0 aromatic carbocycles. The third kappa shape index (κ3) is 4.97. The first-order chi connectivity index (χ1) is 11.7. The monoisotopic (exact) mass is 391 g/mol. The van der Waals surface area contributed by atoms with Crippen molar-refractivity contribution < 1.29 is 22.7 Å². The lowest BCUT2D eigenvalue weighted by atomic mass is 10.2. The van der Waals surface area contributed by atoms with Gasteiger partial charge in [-0.2, -0.15) is 18.2 Å². The Balaban J connectivity index is 2.14. The summed E-state index contributed by atoms with van der Waals surface area (Å²) in [5.41, 5.74) is -2.00. The fraction of sp³-hybridized carbons (Fsp3) is 0.154. The number of amides is 1. The fourth-order valence-corrected chi connectivity index (χ4v) is 2.03. The van der Waals surface area contributed by atoms with Crippen LogP contribution in [-0.2, 0) is 6.18 Å². The number of aromatic nitrogens is 3. The first-order valence-corrected chi connectivity index (χ1v) is 7.22. The third-order valence-corrected chi connectivity index (χ3v) is 3.05. The molecule has 0 aliphatic heterocycles. The molecule has 0 saturated carbocycles. The minimum absolute atomic E-state index is 0.0371. The van der Waals surface area contributed by atoms with Crippen molar-refractivity contribution in [3.8, 4) is 5.88 Å². The van der Waals surface area contributed by atoms with E-state index in [1.807, 2.05) is 0 Å². The molecule has 0 bridgehead atoms. The van der Waals surface area contributed by atoms with Crippen LogP contribution in [0, 0.1) is 0 Å². The number of thiocarbonyl (C=S) groups is 1. The van der Waals surface area contributed by atoms with Crippen LogP contribution in [0.15, 0.2) is 24.4 Å². The van der Waals surface area contributed by atoms with Crippen LogP contribution in [0.5, 0.6) is 5.88 Å². The predicted octanol–water partition coefficient (Wildman–Crippen LogP) is 2.68. The number of rotatable bonds is 3. The largest absolute Gasteiger partial charge is 0.481 e. The molecule has 2 rings (SSSR count). The topological polar surface area (TPSA) is 89.0 Å². The van der Waals surface area contributed by atoms with Crippen LogP contribution >= 0.6 is 23.8 Å². The predicted molar refractivity (Wildman–Crippen MR) is 86.5 cm³/mol. The molecule has 12 heteroatoms. The summed E-state index contributed by atoms with van der Waals surface area (Å²) in [5, 5.41) is 4.23. The number of ether oxygens (including phenoxy) is 1. The Morgan fingerprint density at radius 1 is 1.36 bits per heavy atom. The zero-order valence-electron chi connectivity index (χ0n) is 12.4. The molecule has 0 spiro atoms. The molecule has 0 atom stereocenters. The molecule has 0 radical (unpaired) electrons. The molecular formula is C13H9ClF3N5O2S. The van der Waals surface area contributed by atoms with Gasteiger partial charge < -0.3 is 10.1 Å². The van der Waals surface area contributed by atoms with Gasteiger partial charge in [-0.3, -0.25) is 15.1 Å². The van der Waals surface area contributed by atoms with Crippen molar-refractivity contribution in [2.75, 3.05) is 12.4 Å². The molecule has 2 N–H and O–H groups in total. The molecule has 0 saturated heterocycles. The summed E-state index contributed by atoms with van der Waals surface area (Å²) in [4.78, 5) is 22.9. The molecule has 0 aliphatic rings. The van der Waals surface area contributed by atoms with Crippen molar-refractivity contribution >= 4 is 40.8 Å². The second-order valence-electron chi connectivity index (χ2n) is 4.36. The number of hydrogen-bond donors (Lipinski definition) is 2. The van der Waals surface area contributed by atoms with E-state index in [1.54, 1.807) is 0 Å². The van der Waals surface area contributed by atoms with Gasteiger partial charge in [0.1, 0.15) is 5.15 Å². The van der Waals surface area contributed by atoms with E-state index < -0.39 is 23.3 Å². The summed E-state index contributed by atoms with van der Waals surface area (Å²) < 4.78 is 43.5. The Morgan fingerprint density at radius 3 is 2.72 bits per heavy atom. The van der Waals surface area contributed by atoms with Gasteiger partial charge >= 0.3 is 6.18 Å². The second-order valence-corrected chi connectivity index (χ2v) is 5.16. The molecule has 0 unspecified atom stereocenters. The number of carbonyl (C=O) groups is 1. The van der Waals surface area contributed by atoms with E-state index in [1.165, 1.54) is 19.2 Å².